The lowest BCUT2D eigenvalue weighted by atomic mass is 10.0. The van der Waals surface area contributed by atoms with Crippen molar-refractivity contribution in [1.82, 2.24) is 10.2 Å². The van der Waals surface area contributed by atoms with Crippen LogP contribution in [0, 0.1) is 6.92 Å². The van der Waals surface area contributed by atoms with Crippen LogP contribution in [0.2, 0.25) is 0 Å². The monoisotopic (exact) mass is 338 g/mol. The maximum Gasteiger partial charge on any atom is 0.260 e. The van der Waals surface area contributed by atoms with Gasteiger partial charge in [-0.05, 0) is 31.9 Å². The molecule has 0 bridgehead atoms. The van der Waals surface area contributed by atoms with Crippen molar-refractivity contribution in [2.45, 2.75) is 32.2 Å². The minimum atomic E-state index is -0.0209. The highest BCUT2D eigenvalue weighted by Gasteiger charge is 2.23. The Labute approximate surface area is 141 Å². The van der Waals surface area contributed by atoms with Crippen LogP contribution < -0.4 is 10.1 Å². The molecule has 1 aromatic rings. The lowest BCUT2D eigenvalue weighted by molar-refractivity contribution is -0.134. The van der Waals surface area contributed by atoms with Crippen molar-refractivity contribution in [3.8, 4) is 5.75 Å². The van der Waals surface area contributed by atoms with Gasteiger partial charge in [-0.1, -0.05) is 17.7 Å². The van der Waals surface area contributed by atoms with Gasteiger partial charge in [-0.3, -0.25) is 9.59 Å². The fourth-order valence-corrected chi connectivity index (χ4v) is 2.70. The van der Waals surface area contributed by atoms with Gasteiger partial charge in [0.2, 0.25) is 5.91 Å². The van der Waals surface area contributed by atoms with Gasteiger partial charge >= 0.3 is 0 Å². The molecule has 1 aliphatic heterocycles. The fraction of sp³-hybridized carbons (Fsp3) is 0.529. The average molecular weight is 339 g/mol. The summed E-state index contributed by atoms with van der Waals surface area (Å²) in [5.41, 5.74) is 1.15. The van der Waals surface area contributed by atoms with Crippen LogP contribution in [-0.2, 0) is 9.59 Å². The lowest BCUT2D eigenvalue weighted by Gasteiger charge is -2.32. The van der Waals surface area contributed by atoms with Crippen molar-refractivity contribution in [2.24, 2.45) is 0 Å². The van der Waals surface area contributed by atoms with Crippen molar-refractivity contribution >= 4 is 23.4 Å². The number of ether oxygens (including phenoxy) is 1. The molecular formula is C17H23ClN2O3. The Hall–Kier alpha value is -1.75. The van der Waals surface area contributed by atoms with Gasteiger partial charge in [0, 0.05) is 31.4 Å². The van der Waals surface area contributed by atoms with Gasteiger partial charge in [-0.15, -0.1) is 11.6 Å². The molecule has 1 heterocycles. The van der Waals surface area contributed by atoms with Gasteiger partial charge in [0.25, 0.3) is 5.91 Å². The number of likely N-dealkylation sites (tertiary alicyclic amines) is 1. The highest BCUT2D eigenvalue weighted by molar-refractivity contribution is 6.18. The number of hydrogen-bond donors (Lipinski definition) is 1. The molecule has 2 amide bonds. The maximum absolute atomic E-state index is 12.2. The van der Waals surface area contributed by atoms with Gasteiger partial charge in [-0.25, -0.2) is 0 Å². The Morgan fingerprint density at radius 2 is 1.91 bits per heavy atom. The summed E-state index contributed by atoms with van der Waals surface area (Å²) in [6.45, 7) is 3.33. The number of amides is 2. The van der Waals surface area contributed by atoms with E-state index in [0.29, 0.717) is 31.1 Å². The average Bonchev–Trinajstić information content (AvgIpc) is 2.55. The first-order valence-electron chi connectivity index (χ1n) is 7.91. The van der Waals surface area contributed by atoms with Gasteiger partial charge in [0.05, 0.1) is 0 Å². The van der Waals surface area contributed by atoms with E-state index in [9.17, 15) is 9.59 Å². The summed E-state index contributed by atoms with van der Waals surface area (Å²) in [6.07, 6.45) is 1.87. The van der Waals surface area contributed by atoms with Crippen LogP contribution in [0.3, 0.4) is 0 Å². The molecule has 0 aliphatic carbocycles. The number of benzene rings is 1. The summed E-state index contributed by atoms with van der Waals surface area (Å²) in [7, 11) is 0. The number of nitrogens with one attached hydrogen (secondary N) is 1. The molecule has 0 saturated carbocycles. The fourth-order valence-electron chi connectivity index (χ4n) is 2.53. The van der Waals surface area contributed by atoms with E-state index < -0.39 is 0 Å². The second-order valence-corrected chi connectivity index (χ2v) is 6.14. The first-order chi connectivity index (χ1) is 11.1. The Morgan fingerprint density at radius 3 is 2.52 bits per heavy atom. The quantitative estimate of drug-likeness (QED) is 0.808. The smallest absolute Gasteiger partial charge is 0.260 e. The van der Waals surface area contributed by atoms with Crippen LogP contribution in [0.15, 0.2) is 24.3 Å². The van der Waals surface area contributed by atoms with Gasteiger partial charge in [0.15, 0.2) is 6.61 Å². The molecule has 0 atom stereocenters. The zero-order valence-corrected chi connectivity index (χ0v) is 14.1. The largest absolute Gasteiger partial charge is 0.484 e. The van der Waals surface area contributed by atoms with Gasteiger partial charge in [0.1, 0.15) is 5.75 Å². The van der Waals surface area contributed by atoms with Crippen LogP contribution in [0.25, 0.3) is 0 Å². The van der Waals surface area contributed by atoms with E-state index in [-0.39, 0.29) is 24.5 Å². The highest BCUT2D eigenvalue weighted by atomic mass is 35.5. The lowest BCUT2D eigenvalue weighted by Crippen LogP contribution is -2.47. The predicted octanol–water partition coefficient (Wildman–Crippen LogP) is 2.11. The molecule has 0 radical (unpaired) electrons. The third-order valence-electron chi connectivity index (χ3n) is 3.92. The van der Waals surface area contributed by atoms with E-state index in [1.54, 1.807) is 4.90 Å². The molecule has 5 nitrogen and oxygen atoms in total. The van der Waals surface area contributed by atoms with E-state index in [0.717, 1.165) is 18.4 Å². The molecule has 6 heteroatoms. The maximum atomic E-state index is 12.2. The van der Waals surface area contributed by atoms with E-state index in [2.05, 4.69) is 5.32 Å². The number of carbonyl (C=O) groups is 2. The standard InChI is InChI=1S/C17H23ClN2O3/c1-13-2-4-15(5-3-13)23-12-17(22)20-10-7-14(8-11-20)19-16(21)6-9-18/h2-5,14H,6-12H2,1H3,(H,19,21). The molecular weight excluding hydrogens is 316 g/mol. The second-order valence-electron chi connectivity index (χ2n) is 5.76. The van der Waals surface area contributed by atoms with Crippen molar-refractivity contribution < 1.29 is 14.3 Å². The zero-order valence-electron chi connectivity index (χ0n) is 13.4. The van der Waals surface area contributed by atoms with Crippen molar-refractivity contribution in [3.63, 3.8) is 0 Å². The topological polar surface area (TPSA) is 58.6 Å². The van der Waals surface area contributed by atoms with E-state index in [4.69, 9.17) is 16.3 Å². The van der Waals surface area contributed by atoms with Crippen LogP contribution in [0.5, 0.6) is 5.75 Å². The Bertz CT molecular complexity index is 525. The van der Waals surface area contributed by atoms with Gasteiger partial charge < -0.3 is 15.0 Å². The number of hydrogen-bond acceptors (Lipinski definition) is 3. The zero-order chi connectivity index (χ0) is 16.7. The normalized spacial score (nSPS) is 15.3. The summed E-state index contributed by atoms with van der Waals surface area (Å²) in [4.78, 5) is 25.5. The molecule has 23 heavy (non-hydrogen) atoms. The van der Waals surface area contributed by atoms with E-state index in [1.165, 1.54) is 0 Å². The number of aryl methyl sites for hydroxylation is 1. The molecule has 0 aromatic heterocycles. The number of rotatable bonds is 6. The third kappa shape index (κ3) is 5.75. The molecule has 0 unspecified atom stereocenters. The minimum absolute atomic E-state index is 0.0175. The van der Waals surface area contributed by atoms with E-state index >= 15 is 0 Å². The first-order valence-corrected chi connectivity index (χ1v) is 8.44. The molecule has 1 saturated heterocycles. The number of piperidine rings is 1. The Balaban J connectivity index is 1.71. The molecule has 1 aliphatic rings. The molecule has 126 valence electrons. The molecule has 1 aromatic carbocycles. The van der Waals surface area contributed by atoms with Crippen LogP contribution >= 0.6 is 11.6 Å². The van der Waals surface area contributed by atoms with Crippen LogP contribution in [-0.4, -0.2) is 48.3 Å². The second kappa shape index (κ2) is 8.77. The van der Waals surface area contributed by atoms with Crippen LogP contribution in [0.4, 0.5) is 0 Å². The van der Waals surface area contributed by atoms with Crippen molar-refractivity contribution in [1.29, 1.82) is 0 Å². The number of alkyl halides is 1. The SMILES string of the molecule is Cc1ccc(OCC(=O)N2CCC(NC(=O)CCCl)CC2)cc1. The Kier molecular flexibility index (Phi) is 6.71. The summed E-state index contributed by atoms with van der Waals surface area (Å²) >= 11 is 5.55. The summed E-state index contributed by atoms with van der Waals surface area (Å²) in [5.74, 6) is 0.996. The molecule has 0 spiro atoms. The van der Waals surface area contributed by atoms with Gasteiger partial charge in [-0.2, -0.15) is 0 Å². The Morgan fingerprint density at radius 1 is 1.26 bits per heavy atom. The van der Waals surface area contributed by atoms with Crippen molar-refractivity contribution in [3.05, 3.63) is 29.8 Å². The number of carbonyl (C=O) groups excluding carboxylic acids is 2. The third-order valence-corrected chi connectivity index (χ3v) is 4.11. The number of nitrogens with zero attached hydrogens (tertiary/aromatic N) is 1. The summed E-state index contributed by atoms with van der Waals surface area (Å²) in [5, 5.41) is 2.95. The first kappa shape index (κ1) is 17.6. The minimum Gasteiger partial charge on any atom is -0.484 e. The summed E-state index contributed by atoms with van der Waals surface area (Å²) in [6, 6.07) is 7.76. The molecule has 2 rings (SSSR count). The molecule has 1 fully saturated rings. The highest BCUT2D eigenvalue weighted by Crippen LogP contribution is 2.14. The van der Waals surface area contributed by atoms with Crippen molar-refractivity contribution in [2.75, 3.05) is 25.6 Å². The van der Waals surface area contributed by atoms with E-state index in [1.807, 2.05) is 31.2 Å². The van der Waals surface area contributed by atoms with Crippen LogP contribution in [0.1, 0.15) is 24.8 Å². The molecule has 1 N–H and O–H groups in total. The summed E-state index contributed by atoms with van der Waals surface area (Å²) < 4.78 is 5.52. The predicted molar refractivity (Wildman–Crippen MR) is 89.8 cm³/mol. The number of halogens is 1.